The smallest absolute Gasteiger partial charge is 0.342 e. The lowest BCUT2D eigenvalue weighted by Crippen LogP contribution is -2.13. The summed E-state index contributed by atoms with van der Waals surface area (Å²) in [5.41, 5.74) is 0.869. The number of aromatic nitrogens is 5. The molecule has 0 atom stereocenters. The highest BCUT2D eigenvalue weighted by atomic mass is 16.5. The van der Waals surface area contributed by atoms with Crippen LogP contribution in [0.25, 0.3) is 0 Å². The van der Waals surface area contributed by atoms with Gasteiger partial charge in [0.15, 0.2) is 0 Å². The summed E-state index contributed by atoms with van der Waals surface area (Å²) in [6, 6.07) is 3.87. The van der Waals surface area contributed by atoms with Crippen molar-refractivity contribution in [3.8, 4) is 11.9 Å². The minimum Gasteiger partial charge on any atom is -0.402 e. The normalized spacial score (nSPS) is 10.5. The Hall–Kier alpha value is -2.02. The van der Waals surface area contributed by atoms with E-state index in [1.165, 1.54) is 0 Å². The van der Waals surface area contributed by atoms with E-state index in [9.17, 15) is 0 Å². The van der Waals surface area contributed by atoms with Gasteiger partial charge in [-0.3, -0.25) is 4.68 Å². The first kappa shape index (κ1) is 11.5. The van der Waals surface area contributed by atoms with E-state index < -0.39 is 0 Å². The molecule has 2 aromatic heterocycles. The van der Waals surface area contributed by atoms with E-state index in [0.717, 1.165) is 12.2 Å². The van der Waals surface area contributed by atoms with E-state index in [1.54, 1.807) is 24.1 Å². The van der Waals surface area contributed by atoms with E-state index >= 15 is 0 Å². The van der Waals surface area contributed by atoms with Crippen LogP contribution in [0.5, 0.6) is 11.9 Å². The molecule has 1 N–H and O–H groups in total. The van der Waals surface area contributed by atoms with Crippen molar-refractivity contribution in [1.29, 1.82) is 0 Å². The molecule has 0 unspecified atom stereocenters. The standard InChI is InChI=1S/C10H14N6O/c1-3-11-6-8-4-5-9(14-13-8)17-10-12-7-16(2)15-10/h4-5,7,11H,3,6H2,1-2H3. The fourth-order valence-electron chi connectivity index (χ4n) is 1.21. The first-order valence-electron chi connectivity index (χ1n) is 5.34. The van der Waals surface area contributed by atoms with E-state index in [1.807, 2.05) is 13.0 Å². The molecule has 17 heavy (non-hydrogen) atoms. The highest BCUT2D eigenvalue weighted by molar-refractivity contribution is 5.14. The Morgan fingerprint density at radius 2 is 2.24 bits per heavy atom. The molecule has 0 amide bonds. The number of aryl methyl sites for hydroxylation is 1. The second-order valence-electron chi connectivity index (χ2n) is 3.45. The summed E-state index contributed by atoms with van der Waals surface area (Å²) in [5.74, 6) is 0.386. The van der Waals surface area contributed by atoms with Crippen LogP contribution in [0.3, 0.4) is 0 Å². The van der Waals surface area contributed by atoms with Crippen molar-refractivity contribution < 1.29 is 4.74 Å². The Morgan fingerprint density at radius 1 is 1.35 bits per heavy atom. The average Bonchev–Trinajstić information content (AvgIpc) is 2.74. The van der Waals surface area contributed by atoms with Gasteiger partial charge in [0.25, 0.3) is 0 Å². The van der Waals surface area contributed by atoms with Gasteiger partial charge in [0.2, 0.25) is 5.88 Å². The number of ether oxygens (including phenoxy) is 1. The van der Waals surface area contributed by atoms with Crippen molar-refractivity contribution in [1.82, 2.24) is 30.3 Å². The van der Waals surface area contributed by atoms with E-state index in [0.29, 0.717) is 12.4 Å². The quantitative estimate of drug-likeness (QED) is 0.812. The lowest BCUT2D eigenvalue weighted by atomic mass is 10.4. The topological polar surface area (TPSA) is 77.8 Å². The van der Waals surface area contributed by atoms with Crippen LogP contribution in [-0.2, 0) is 13.6 Å². The molecule has 0 spiro atoms. The van der Waals surface area contributed by atoms with E-state index in [2.05, 4.69) is 25.6 Å². The number of nitrogens with one attached hydrogen (secondary N) is 1. The second-order valence-corrected chi connectivity index (χ2v) is 3.45. The van der Waals surface area contributed by atoms with Crippen LogP contribution in [0, 0.1) is 0 Å². The van der Waals surface area contributed by atoms with Gasteiger partial charge in [0, 0.05) is 19.7 Å². The van der Waals surface area contributed by atoms with Crippen LogP contribution >= 0.6 is 0 Å². The number of nitrogens with zero attached hydrogens (tertiary/aromatic N) is 5. The minimum absolute atomic E-state index is 0.265. The molecule has 0 aliphatic rings. The third-order valence-corrected chi connectivity index (χ3v) is 2.03. The molecule has 0 bridgehead atoms. The summed E-state index contributed by atoms with van der Waals surface area (Å²) in [7, 11) is 1.77. The molecule has 2 heterocycles. The van der Waals surface area contributed by atoms with Crippen molar-refractivity contribution >= 4 is 0 Å². The molecule has 2 rings (SSSR count). The van der Waals surface area contributed by atoms with Gasteiger partial charge in [-0.25, -0.2) is 0 Å². The summed E-state index contributed by atoms with van der Waals surface area (Å²) < 4.78 is 6.88. The Kier molecular flexibility index (Phi) is 3.61. The Bertz CT molecular complexity index is 466. The molecule has 0 aliphatic carbocycles. The third kappa shape index (κ3) is 3.22. The summed E-state index contributed by atoms with van der Waals surface area (Å²) in [4.78, 5) is 3.93. The first-order chi connectivity index (χ1) is 8.28. The zero-order valence-corrected chi connectivity index (χ0v) is 9.79. The molecule has 0 saturated carbocycles. The van der Waals surface area contributed by atoms with Crippen molar-refractivity contribution in [3.05, 3.63) is 24.2 Å². The van der Waals surface area contributed by atoms with Gasteiger partial charge in [-0.2, -0.15) is 10.1 Å². The Labute approximate surface area is 98.8 Å². The zero-order valence-electron chi connectivity index (χ0n) is 9.79. The van der Waals surface area contributed by atoms with Crippen LogP contribution in [0.4, 0.5) is 0 Å². The number of hydrogen-bond acceptors (Lipinski definition) is 6. The molecule has 0 aromatic carbocycles. The average molecular weight is 234 g/mol. The summed E-state index contributed by atoms with van der Waals surface area (Å²) >= 11 is 0. The predicted octanol–water partition coefficient (Wildman–Crippen LogP) is 0.507. The largest absolute Gasteiger partial charge is 0.402 e. The fourth-order valence-corrected chi connectivity index (χ4v) is 1.21. The van der Waals surface area contributed by atoms with Crippen LogP contribution in [0.2, 0.25) is 0 Å². The van der Waals surface area contributed by atoms with Gasteiger partial charge < -0.3 is 10.1 Å². The van der Waals surface area contributed by atoms with Gasteiger partial charge in [-0.05, 0) is 12.6 Å². The van der Waals surface area contributed by atoms with Crippen molar-refractivity contribution in [2.45, 2.75) is 13.5 Å². The molecule has 0 radical (unpaired) electrons. The van der Waals surface area contributed by atoms with E-state index in [-0.39, 0.29) is 6.01 Å². The zero-order chi connectivity index (χ0) is 12.1. The summed E-state index contributed by atoms with van der Waals surface area (Å²) in [5, 5.41) is 15.1. The van der Waals surface area contributed by atoms with Gasteiger partial charge in [0.05, 0.1) is 5.69 Å². The Morgan fingerprint density at radius 3 is 2.82 bits per heavy atom. The monoisotopic (exact) mass is 234 g/mol. The molecule has 2 aromatic rings. The molecular weight excluding hydrogens is 220 g/mol. The van der Waals surface area contributed by atoms with Gasteiger partial charge in [-0.15, -0.1) is 10.2 Å². The van der Waals surface area contributed by atoms with Crippen molar-refractivity contribution in [2.75, 3.05) is 6.54 Å². The predicted molar refractivity (Wildman–Crippen MR) is 60.5 cm³/mol. The van der Waals surface area contributed by atoms with E-state index in [4.69, 9.17) is 4.74 Å². The molecule has 0 aliphatic heterocycles. The lowest BCUT2D eigenvalue weighted by molar-refractivity contribution is 0.415. The van der Waals surface area contributed by atoms with Gasteiger partial charge in [0.1, 0.15) is 6.33 Å². The maximum atomic E-state index is 5.32. The fraction of sp³-hybridized carbons (Fsp3) is 0.400. The van der Waals surface area contributed by atoms with Crippen LogP contribution in [0.1, 0.15) is 12.6 Å². The van der Waals surface area contributed by atoms with Crippen LogP contribution in [-0.4, -0.2) is 31.5 Å². The molecule has 0 saturated heterocycles. The highest BCUT2D eigenvalue weighted by Gasteiger charge is 2.03. The minimum atomic E-state index is 0.265. The molecule has 90 valence electrons. The van der Waals surface area contributed by atoms with Gasteiger partial charge in [-0.1, -0.05) is 6.92 Å². The third-order valence-electron chi connectivity index (χ3n) is 2.03. The second kappa shape index (κ2) is 5.35. The number of hydrogen-bond donors (Lipinski definition) is 1. The first-order valence-corrected chi connectivity index (χ1v) is 5.34. The molecular formula is C10H14N6O. The number of rotatable bonds is 5. The lowest BCUT2D eigenvalue weighted by Gasteiger charge is -2.01. The maximum Gasteiger partial charge on any atom is 0.342 e. The van der Waals surface area contributed by atoms with Gasteiger partial charge >= 0.3 is 6.01 Å². The summed E-state index contributed by atoms with van der Waals surface area (Å²) in [6.45, 7) is 3.64. The Balaban J connectivity index is 1.98. The molecule has 0 fully saturated rings. The maximum absolute atomic E-state index is 5.32. The SMILES string of the molecule is CCNCc1ccc(Oc2ncn(C)n2)nn1. The van der Waals surface area contributed by atoms with Crippen LogP contribution in [0.15, 0.2) is 18.5 Å². The molecule has 7 heteroatoms. The molecule has 7 nitrogen and oxygen atoms in total. The van der Waals surface area contributed by atoms with Crippen molar-refractivity contribution in [2.24, 2.45) is 7.05 Å². The van der Waals surface area contributed by atoms with Crippen molar-refractivity contribution in [3.63, 3.8) is 0 Å². The highest BCUT2D eigenvalue weighted by Crippen LogP contribution is 2.12. The van der Waals surface area contributed by atoms with Crippen LogP contribution < -0.4 is 10.1 Å². The summed E-state index contributed by atoms with van der Waals surface area (Å²) in [6.07, 6.45) is 1.56.